The molecule has 0 unspecified atom stereocenters. The van der Waals surface area contributed by atoms with Gasteiger partial charge in [-0.2, -0.15) is 0 Å². The van der Waals surface area contributed by atoms with Crippen molar-refractivity contribution < 1.29 is 23.5 Å². The molecule has 0 aromatic rings. The van der Waals surface area contributed by atoms with Gasteiger partial charge in [0.25, 0.3) is 0 Å². The average molecular weight is 639 g/mol. The molecular weight excluding hydrogens is 558 g/mol. The van der Waals surface area contributed by atoms with Crippen molar-refractivity contribution in [3.8, 4) is 0 Å². The van der Waals surface area contributed by atoms with E-state index in [1.807, 2.05) is 41.8 Å². The lowest BCUT2D eigenvalue weighted by Crippen LogP contribution is -2.69. The van der Waals surface area contributed by atoms with Gasteiger partial charge < -0.3 is 9.47 Å². The summed E-state index contributed by atoms with van der Waals surface area (Å²) in [5.41, 5.74) is -1.65. The molecule has 0 heterocycles. The quantitative estimate of drug-likeness (QED) is 0.0318. The molecule has 45 heavy (non-hydrogen) atoms. The van der Waals surface area contributed by atoms with Gasteiger partial charge in [0, 0.05) is 40.5 Å². The monoisotopic (exact) mass is 639 g/mol. The Kier molecular flexibility index (Phi) is 26.3. The number of unbranched alkanes of at least 4 members (excludes halogenated alkanes) is 24. The summed E-state index contributed by atoms with van der Waals surface area (Å²) >= 11 is 0. The van der Waals surface area contributed by atoms with Crippen LogP contribution in [0, 0.1) is 0 Å². The van der Waals surface area contributed by atoms with E-state index >= 15 is 0 Å². The minimum Gasteiger partial charge on any atom is -0.410 e. The van der Waals surface area contributed by atoms with E-state index in [4.69, 9.17) is 9.47 Å². The second-order valence-corrected chi connectivity index (χ2v) is 15.3. The highest BCUT2D eigenvalue weighted by molar-refractivity contribution is 5.70. The fourth-order valence-corrected chi connectivity index (χ4v) is 6.11. The highest BCUT2D eigenvalue weighted by atomic mass is 16.6. The second kappa shape index (κ2) is 26.9. The molecule has 0 aromatic carbocycles. The van der Waals surface area contributed by atoms with Crippen molar-refractivity contribution in [1.29, 1.82) is 0 Å². The van der Waals surface area contributed by atoms with Crippen LogP contribution in [0.5, 0.6) is 0 Å². The van der Waals surface area contributed by atoms with Gasteiger partial charge >= 0.3 is 11.9 Å². The first-order valence-electron chi connectivity index (χ1n) is 19.7. The van der Waals surface area contributed by atoms with Gasteiger partial charge in [-0.05, 0) is 12.8 Å². The predicted octanol–water partition coefficient (Wildman–Crippen LogP) is 12.6. The van der Waals surface area contributed by atoms with Gasteiger partial charge in [-0.3, -0.25) is 14.1 Å². The average Bonchev–Trinajstić information content (AvgIpc) is 2.97. The first-order chi connectivity index (χ1) is 21.4. The van der Waals surface area contributed by atoms with Gasteiger partial charge in [0.1, 0.15) is 0 Å². The molecule has 0 spiro atoms. The largest absolute Gasteiger partial charge is 0.410 e. The summed E-state index contributed by atoms with van der Waals surface area (Å²) in [6.45, 7) is 12.3. The molecule has 5 heteroatoms. The Hall–Kier alpha value is -1.10. The van der Waals surface area contributed by atoms with Gasteiger partial charge in [-0.1, -0.05) is 168 Å². The Labute approximate surface area is 281 Å². The molecule has 0 aliphatic rings. The van der Waals surface area contributed by atoms with Gasteiger partial charge in [0.15, 0.2) is 0 Å². The number of carbonyl (C=O) groups is 2. The Balaban J connectivity index is 4.10. The summed E-state index contributed by atoms with van der Waals surface area (Å²) in [7, 11) is 3.97. The molecule has 0 saturated heterocycles. The van der Waals surface area contributed by atoms with Gasteiger partial charge in [-0.15, -0.1) is 0 Å². The summed E-state index contributed by atoms with van der Waals surface area (Å²) in [4.78, 5) is 25.5. The van der Waals surface area contributed by atoms with E-state index in [1.54, 1.807) is 0 Å². The highest BCUT2D eigenvalue weighted by Gasteiger charge is 2.52. The number of esters is 2. The number of ether oxygens (including phenoxy) is 2. The first kappa shape index (κ1) is 43.9. The van der Waals surface area contributed by atoms with Crippen LogP contribution in [0.15, 0.2) is 0 Å². The molecule has 0 N–H and O–H groups in total. The van der Waals surface area contributed by atoms with Crippen molar-refractivity contribution in [2.45, 2.75) is 233 Å². The molecule has 0 saturated carbocycles. The standard InChI is InChI=1S/C40H80NO4/c1-9-11-13-15-17-19-21-23-25-27-29-31-33-35-37(42)44-39(3,4)41(7,8)40(5,6)45-38(43)36-34-32-30-28-26-24-22-20-18-16-14-12-10-2/h9-36H2,1-8H3/q+1. The van der Waals surface area contributed by atoms with Crippen LogP contribution < -0.4 is 0 Å². The lowest BCUT2D eigenvalue weighted by Gasteiger charge is -2.51. The van der Waals surface area contributed by atoms with Crippen LogP contribution in [0.2, 0.25) is 0 Å². The summed E-state index contributed by atoms with van der Waals surface area (Å²) in [6, 6.07) is 0. The molecule has 0 aliphatic heterocycles. The third kappa shape index (κ3) is 22.2. The second-order valence-electron chi connectivity index (χ2n) is 15.3. The zero-order valence-electron chi connectivity index (χ0n) is 31.9. The lowest BCUT2D eigenvalue weighted by atomic mass is 10.0. The van der Waals surface area contributed by atoms with Crippen LogP contribution in [0.25, 0.3) is 0 Å². The third-order valence-corrected chi connectivity index (χ3v) is 10.4. The first-order valence-corrected chi connectivity index (χ1v) is 19.7. The molecule has 0 aromatic heterocycles. The fourth-order valence-electron chi connectivity index (χ4n) is 6.11. The van der Waals surface area contributed by atoms with Crippen molar-refractivity contribution >= 4 is 11.9 Å². The van der Waals surface area contributed by atoms with E-state index in [-0.39, 0.29) is 16.4 Å². The molecule has 0 atom stereocenters. The molecule has 0 aliphatic carbocycles. The van der Waals surface area contributed by atoms with Crippen LogP contribution in [-0.2, 0) is 19.1 Å². The van der Waals surface area contributed by atoms with E-state index in [0.29, 0.717) is 12.8 Å². The van der Waals surface area contributed by atoms with Crippen LogP contribution in [0.1, 0.15) is 221 Å². The van der Waals surface area contributed by atoms with E-state index in [2.05, 4.69) is 13.8 Å². The molecule has 0 amide bonds. The Morgan fingerprint density at radius 2 is 0.600 bits per heavy atom. The molecule has 0 fully saturated rings. The van der Waals surface area contributed by atoms with Gasteiger partial charge in [0.2, 0.25) is 11.4 Å². The van der Waals surface area contributed by atoms with Crippen molar-refractivity contribution in [2.75, 3.05) is 14.1 Å². The number of hydrogen-bond donors (Lipinski definition) is 0. The molecule has 0 radical (unpaired) electrons. The summed E-state index contributed by atoms with van der Waals surface area (Å²) in [6.07, 6.45) is 34.3. The van der Waals surface area contributed by atoms with E-state index in [9.17, 15) is 9.59 Å². The van der Waals surface area contributed by atoms with E-state index < -0.39 is 11.4 Å². The normalized spacial score (nSPS) is 12.4. The number of carbonyl (C=O) groups excluding carboxylic acids is 2. The van der Waals surface area contributed by atoms with Crippen LogP contribution in [0.4, 0.5) is 0 Å². The maximum Gasteiger partial charge on any atom is 0.310 e. The molecular formula is C40H80NO4+. The van der Waals surface area contributed by atoms with Crippen molar-refractivity contribution in [2.24, 2.45) is 0 Å². The van der Waals surface area contributed by atoms with Gasteiger partial charge in [0.05, 0.1) is 14.1 Å². The molecule has 0 bridgehead atoms. The molecule has 0 rings (SSSR count). The highest BCUT2D eigenvalue weighted by Crippen LogP contribution is 2.34. The van der Waals surface area contributed by atoms with Crippen LogP contribution >= 0.6 is 0 Å². The smallest absolute Gasteiger partial charge is 0.310 e. The SMILES string of the molecule is CCCCCCCCCCCCCCCC(=O)OC(C)(C)[N+](C)(C)C(C)(C)OC(=O)CCCCCCCCCCCCCCC. The number of quaternary nitrogens is 1. The third-order valence-electron chi connectivity index (χ3n) is 10.4. The van der Waals surface area contributed by atoms with E-state index in [1.165, 1.54) is 141 Å². The minimum absolute atomic E-state index is 0.164. The van der Waals surface area contributed by atoms with Crippen molar-refractivity contribution in [1.82, 2.24) is 0 Å². The molecule has 268 valence electrons. The zero-order valence-corrected chi connectivity index (χ0v) is 31.9. The fraction of sp³-hybridized carbons (Fsp3) is 0.950. The summed E-state index contributed by atoms with van der Waals surface area (Å²) < 4.78 is 12.2. The van der Waals surface area contributed by atoms with Crippen molar-refractivity contribution in [3.63, 3.8) is 0 Å². The Bertz CT molecular complexity index is 657. The molecule has 5 nitrogen and oxygen atoms in total. The Morgan fingerprint density at radius 1 is 0.400 bits per heavy atom. The lowest BCUT2D eigenvalue weighted by molar-refractivity contribution is -1.02. The zero-order chi connectivity index (χ0) is 33.9. The number of hydrogen-bond acceptors (Lipinski definition) is 4. The van der Waals surface area contributed by atoms with Crippen molar-refractivity contribution in [3.05, 3.63) is 0 Å². The number of rotatable bonds is 32. The maximum atomic E-state index is 12.8. The van der Waals surface area contributed by atoms with E-state index in [0.717, 1.165) is 25.7 Å². The topological polar surface area (TPSA) is 52.6 Å². The maximum absolute atomic E-state index is 12.8. The minimum atomic E-state index is -0.826. The predicted molar refractivity (Wildman–Crippen MR) is 193 cm³/mol. The van der Waals surface area contributed by atoms with Crippen LogP contribution in [-0.4, -0.2) is 42.0 Å². The summed E-state index contributed by atoms with van der Waals surface area (Å²) in [5.74, 6) is -0.327. The number of nitrogens with zero attached hydrogens (tertiary/aromatic N) is 1. The van der Waals surface area contributed by atoms with Crippen LogP contribution in [0.3, 0.4) is 0 Å². The summed E-state index contributed by atoms with van der Waals surface area (Å²) in [5, 5.41) is 0. The Morgan fingerprint density at radius 3 is 0.822 bits per heavy atom. The van der Waals surface area contributed by atoms with Gasteiger partial charge in [-0.25, -0.2) is 0 Å².